The number of nitrogens with two attached hydrogens (primary N) is 4. The molecule has 4 rings (SSSR count). The lowest BCUT2D eigenvalue weighted by atomic mass is 10.1. The van der Waals surface area contributed by atoms with Crippen LogP contribution in [0.5, 0.6) is 0 Å². The van der Waals surface area contributed by atoms with Crippen molar-refractivity contribution in [1.29, 1.82) is 5.26 Å². The molecule has 0 aliphatic rings. The first-order chi connectivity index (χ1) is 18.5. The van der Waals surface area contributed by atoms with Gasteiger partial charge in [-0.3, -0.25) is 9.89 Å². The summed E-state index contributed by atoms with van der Waals surface area (Å²) in [5.74, 6) is 10.5. The summed E-state index contributed by atoms with van der Waals surface area (Å²) >= 11 is 6.39. The van der Waals surface area contributed by atoms with E-state index in [9.17, 15) is 19.6 Å². The van der Waals surface area contributed by atoms with Crippen molar-refractivity contribution in [2.45, 2.75) is 19.9 Å². The number of nitrogens with one attached hydrogen (secondary N) is 2. The highest BCUT2D eigenvalue weighted by Gasteiger charge is 2.27. The molecular formula is C21H21ClN14O3. The number of aromatic amines is 1. The number of nitriles is 1. The van der Waals surface area contributed by atoms with E-state index in [1.807, 2.05) is 6.07 Å². The highest BCUT2D eigenvalue weighted by molar-refractivity contribution is 6.35. The molecule has 4 amide bonds. The quantitative estimate of drug-likeness (QED) is 0.108. The third-order valence-electron chi connectivity index (χ3n) is 5.57. The zero-order valence-corrected chi connectivity index (χ0v) is 21.1. The Labute approximate surface area is 223 Å². The number of primary amides is 2. The van der Waals surface area contributed by atoms with E-state index in [0.29, 0.717) is 15.6 Å². The molecule has 0 spiro atoms. The summed E-state index contributed by atoms with van der Waals surface area (Å²) in [7, 11) is 0. The fraction of sp³-hybridized carbons (Fsp3) is 0.143. The van der Waals surface area contributed by atoms with Gasteiger partial charge in [-0.1, -0.05) is 17.7 Å². The number of nitrogens with zero attached hydrogens (tertiary/aromatic N) is 8. The van der Waals surface area contributed by atoms with Crippen LogP contribution in [0.3, 0.4) is 0 Å². The Kier molecular flexibility index (Phi) is 7.01. The number of hydrogen-bond donors (Lipinski definition) is 6. The number of aromatic nitrogens is 6. The SMILES string of the molecule is Cc1ccc(Cl)c2nc([C@H](C)Nc3nc(N(N)C(N)=O)nc(N(N)C(N)=O)c3C#N)n(-c3cc[nH]n3)c(=O)c12. The minimum Gasteiger partial charge on any atom is -0.359 e. The maximum absolute atomic E-state index is 13.7. The van der Waals surface area contributed by atoms with Gasteiger partial charge in [0.2, 0.25) is 0 Å². The van der Waals surface area contributed by atoms with Gasteiger partial charge in [0, 0.05) is 12.3 Å². The van der Waals surface area contributed by atoms with E-state index in [1.54, 1.807) is 32.0 Å². The first-order valence-corrected chi connectivity index (χ1v) is 11.3. The van der Waals surface area contributed by atoms with Crippen molar-refractivity contribution in [2.75, 3.05) is 15.3 Å². The largest absolute Gasteiger partial charge is 0.359 e. The maximum Gasteiger partial charge on any atom is 0.336 e. The van der Waals surface area contributed by atoms with Gasteiger partial charge in [0.15, 0.2) is 17.5 Å². The molecule has 0 aliphatic carbocycles. The lowest BCUT2D eigenvalue weighted by Crippen LogP contribution is -2.45. The lowest BCUT2D eigenvalue weighted by Gasteiger charge is -2.23. The van der Waals surface area contributed by atoms with Crippen LogP contribution in [0.25, 0.3) is 16.7 Å². The first-order valence-electron chi connectivity index (χ1n) is 10.9. The number of hydrogen-bond acceptors (Lipinski definition) is 11. The van der Waals surface area contributed by atoms with Crippen LogP contribution in [0.1, 0.15) is 29.9 Å². The van der Waals surface area contributed by atoms with Gasteiger partial charge in [0.05, 0.1) is 22.0 Å². The Hall–Kier alpha value is -5.31. The molecule has 18 heteroatoms. The summed E-state index contributed by atoms with van der Waals surface area (Å²) in [6, 6.07) is 3.48. The Morgan fingerprint density at radius 1 is 1.15 bits per heavy atom. The predicted molar refractivity (Wildman–Crippen MR) is 141 cm³/mol. The van der Waals surface area contributed by atoms with Crippen molar-refractivity contribution in [2.24, 2.45) is 23.2 Å². The minimum atomic E-state index is -1.17. The van der Waals surface area contributed by atoms with Crippen LogP contribution in [0.15, 0.2) is 29.2 Å². The number of anilines is 3. The van der Waals surface area contributed by atoms with Crippen LogP contribution in [0.4, 0.5) is 27.2 Å². The van der Waals surface area contributed by atoms with E-state index in [4.69, 9.17) is 34.8 Å². The Balaban J connectivity index is 1.96. The number of carbonyl (C=O) groups is 2. The fourth-order valence-electron chi connectivity index (χ4n) is 3.71. The predicted octanol–water partition coefficient (Wildman–Crippen LogP) is 0.423. The number of H-pyrrole nitrogens is 1. The van der Waals surface area contributed by atoms with Crippen molar-refractivity contribution in [1.82, 2.24) is 29.7 Å². The van der Waals surface area contributed by atoms with E-state index in [-0.39, 0.29) is 38.9 Å². The van der Waals surface area contributed by atoms with E-state index < -0.39 is 35.4 Å². The van der Waals surface area contributed by atoms with Crippen molar-refractivity contribution in [3.05, 3.63) is 56.7 Å². The van der Waals surface area contributed by atoms with Crippen LogP contribution in [0, 0.1) is 18.3 Å². The molecule has 4 aromatic rings. The van der Waals surface area contributed by atoms with Gasteiger partial charge < -0.3 is 16.8 Å². The number of carbonyl (C=O) groups excluding carboxylic acids is 2. The molecule has 0 fully saturated rings. The van der Waals surface area contributed by atoms with E-state index in [1.165, 1.54) is 10.8 Å². The molecule has 0 aliphatic heterocycles. The second kappa shape index (κ2) is 10.2. The summed E-state index contributed by atoms with van der Waals surface area (Å²) in [5, 5.41) is 20.8. The third kappa shape index (κ3) is 4.73. The number of halogens is 1. The van der Waals surface area contributed by atoms with Gasteiger partial charge in [-0.2, -0.15) is 25.3 Å². The highest BCUT2D eigenvalue weighted by atomic mass is 35.5. The average Bonchev–Trinajstić information content (AvgIpc) is 3.43. The van der Waals surface area contributed by atoms with Crippen molar-refractivity contribution in [3.8, 4) is 11.9 Å². The third-order valence-corrected chi connectivity index (χ3v) is 5.88. The fourth-order valence-corrected chi connectivity index (χ4v) is 3.91. The van der Waals surface area contributed by atoms with E-state index in [2.05, 4.69) is 30.5 Å². The normalized spacial score (nSPS) is 11.6. The first kappa shape index (κ1) is 26.7. The Morgan fingerprint density at radius 2 is 1.85 bits per heavy atom. The van der Waals surface area contributed by atoms with E-state index >= 15 is 0 Å². The maximum atomic E-state index is 13.7. The summed E-state index contributed by atoms with van der Waals surface area (Å²) in [4.78, 5) is 49.8. The Bertz CT molecular complexity index is 1710. The number of aryl methyl sites for hydroxylation is 1. The number of benzene rings is 1. The summed E-state index contributed by atoms with van der Waals surface area (Å²) in [5.41, 5.74) is 10.6. The minimum absolute atomic E-state index is 0.122. The zero-order chi connectivity index (χ0) is 28.6. The van der Waals surface area contributed by atoms with E-state index in [0.717, 1.165) is 0 Å². The molecular weight excluding hydrogens is 532 g/mol. The molecule has 39 heavy (non-hydrogen) atoms. The standard InChI is InChI=1S/C21H21ClN14O3/c1-8-3-4-11(22)14-13(8)18(37)34(12-5-6-28-33-12)16(30-14)9(2)29-15-10(7-23)17(35(26)19(24)38)32-21(31-15)36(27)20(25)39/h3-6,9H,26-27H2,1-2H3,(H2,24,38)(H2,25,39)(H,28,33)(H,29,31,32)/t9-/m0/s1. The molecule has 1 atom stereocenters. The molecule has 3 heterocycles. The summed E-state index contributed by atoms with van der Waals surface area (Å²) in [6.45, 7) is 3.35. The van der Waals surface area contributed by atoms with Crippen LogP contribution < -0.4 is 44.0 Å². The second-order valence-electron chi connectivity index (χ2n) is 8.10. The van der Waals surface area contributed by atoms with Gasteiger partial charge in [-0.15, -0.1) is 0 Å². The number of amides is 4. The molecule has 0 saturated carbocycles. The molecule has 1 aromatic carbocycles. The molecule has 0 saturated heterocycles. The van der Waals surface area contributed by atoms with Gasteiger partial charge in [-0.25, -0.2) is 35.8 Å². The van der Waals surface area contributed by atoms with Crippen LogP contribution in [-0.4, -0.2) is 41.8 Å². The summed E-state index contributed by atoms with van der Waals surface area (Å²) in [6.07, 6.45) is 1.52. The molecule has 0 bridgehead atoms. The van der Waals surface area contributed by atoms with Gasteiger partial charge in [0.1, 0.15) is 17.5 Å². The smallest absolute Gasteiger partial charge is 0.336 e. The average molecular weight is 553 g/mol. The lowest BCUT2D eigenvalue weighted by molar-refractivity contribution is 0.253. The molecule has 10 N–H and O–H groups in total. The van der Waals surface area contributed by atoms with Crippen molar-refractivity contribution < 1.29 is 9.59 Å². The number of urea groups is 2. The molecule has 0 unspecified atom stereocenters. The van der Waals surface area contributed by atoms with Crippen molar-refractivity contribution >= 4 is 52.2 Å². The highest BCUT2D eigenvalue weighted by Crippen LogP contribution is 2.30. The monoisotopic (exact) mass is 552 g/mol. The van der Waals surface area contributed by atoms with Gasteiger partial charge in [0.25, 0.3) is 11.5 Å². The van der Waals surface area contributed by atoms with Crippen LogP contribution >= 0.6 is 11.6 Å². The molecule has 17 nitrogen and oxygen atoms in total. The number of fused-ring (bicyclic) bond motifs is 1. The molecule has 200 valence electrons. The topological polar surface area (TPSA) is 270 Å². The van der Waals surface area contributed by atoms with Crippen molar-refractivity contribution in [3.63, 3.8) is 0 Å². The molecule has 0 radical (unpaired) electrons. The van der Waals surface area contributed by atoms with Gasteiger partial charge >= 0.3 is 12.1 Å². The summed E-state index contributed by atoms with van der Waals surface area (Å²) < 4.78 is 1.26. The zero-order valence-electron chi connectivity index (χ0n) is 20.4. The van der Waals surface area contributed by atoms with Crippen LogP contribution in [0.2, 0.25) is 5.02 Å². The second-order valence-corrected chi connectivity index (χ2v) is 8.50. The number of rotatable bonds is 6. The van der Waals surface area contributed by atoms with Gasteiger partial charge in [-0.05, 0) is 25.5 Å². The Morgan fingerprint density at radius 3 is 2.44 bits per heavy atom. The number of hydrazine groups is 2. The molecule has 3 aromatic heterocycles. The van der Waals surface area contributed by atoms with Crippen LogP contribution in [-0.2, 0) is 0 Å².